The summed E-state index contributed by atoms with van der Waals surface area (Å²) in [7, 11) is -4.55. The fourth-order valence-electron chi connectivity index (χ4n) is 3.51. The summed E-state index contributed by atoms with van der Waals surface area (Å²) in [5.74, 6) is -0.947. The minimum absolute atomic E-state index is 0.00473. The third-order valence-electron chi connectivity index (χ3n) is 5.28. The van der Waals surface area contributed by atoms with E-state index in [-0.39, 0.29) is 16.9 Å². The fraction of sp³-hybridized carbons (Fsp3) is 0.0800. The Balaban J connectivity index is 1.83. The average Bonchev–Trinajstić information content (AvgIpc) is 2.79. The maximum Gasteiger partial charge on any atom is 0.296 e. The zero-order chi connectivity index (χ0) is 24.5. The summed E-state index contributed by atoms with van der Waals surface area (Å²) < 4.78 is 33.2. The molecular weight excluding hydrogens is 454 g/mol. The average molecular weight is 476 g/mol. The number of hydrogen-bond donors (Lipinski definition) is 3. The monoisotopic (exact) mass is 475 g/mol. The van der Waals surface area contributed by atoms with Gasteiger partial charge in [0, 0.05) is 11.1 Å². The Kier molecular flexibility index (Phi) is 6.14. The molecule has 0 fully saturated rings. The molecular formula is C25H21N3O5S. The number of nitrogens with one attached hydrogen (secondary N) is 1. The van der Waals surface area contributed by atoms with Crippen molar-refractivity contribution < 1.29 is 22.9 Å². The van der Waals surface area contributed by atoms with Crippen molar-refractivity contribution in [2.75, 3.05) is 5.32 Å². The Bertz CT molecular complexity index is 1560. The Morgan fingerprint density at radius 3 is 2.35 bits per heavy atom. The normalized spacial score (nSPS) is 11.7. The molecule has 0 aromatic heterocycles. The van der Waals surface area contributed by atoms with Crippen molar-refractivity contribution in [3.63, 3.8) is 0 Å². The van der Waals surface area contributed by atoms with E-state index in [1.54, 1.807) is 55.5 Å². The molecule has 9 heteroatoms. The van der Waals surface area contributed by atoms with Crippen molar-refractivity contribution in [2.24, 2.45) is 10.2 Å². The molecule has 0 saturated heterocycles. The molecule has 0 bridgehead atoms. The summed E-state index contributed by atoms with van der Waals surface area (Å²) in [6.07, 6.45) is 0. The van der Waals surface area contributed by atoms with Crippen LogP contribution < -0.4 is 5.32 Å². The lowest BCUT2D eigenvalue weighted by atomic mass is 10.0. The summed E-state index contributed by atoms with van der Waals surface area (Å²) in [5, 5.41) is 23.0. The predicted molar refractivity (Wildman–Crippen MR) is 130 cm³/mol. The minimum Gasteiger partial charge on any atom is -0.505 e. The Morgan fingerprint density at radius 1 is 0.912 bits per heavy atom. The van der Waals surface area contributed by atoms with Crippen LogP contribution >= 0.6 is 0 Å². The standard InChI is InChI=1S/C25H21N3O5S/c1-15-11-12-21(22(13-15)34(31,32)33)27-28-23-18-9-5-4-8-17(18)14-19(24(23)29)25(30)26-20-10-6-3-7-16(20)2/h3-14,29H,1-2H3,(H,26,30)(H,31,32,33). The van der Waals surface area contributed by atoms with Crippen molar-refractivity contribution in [1.29, 1.82) is 0 Å². The number of rotatable bonds is 5. The van der Waals surface area contributed by atoms with Gasteiger partial charge in [-0.3, -0.25) is 9.35 Å². The van der Waals surface area contributed by atoms with Crippen molar-refractivity contribution in [1.82, 2.24) is 0 Å². The van der Waals surface area contributed by atoms with Gasteiger partial charge in [-0.2, -0.15) is 8.42 Å². The maximum atomic E-state index is 13.0. The van der Waals surface area contributed by atoms with E-state index in [1.807, 2.05) is 19.1 Å². The lowest BCUT2D eigenvalue weighted by Crippen LogP contribution is -2.13. The third kappa shape index (κ3) is 4.66. The van der Waals surface area contributed by atoms with Crippen LogP contribution in [0.3, 0.4) is 0 Å². The highest BCUT2D eigenvalue weighted by Gasteiger charge is 2.20. The second-order valence-corrected chi connectivity index (χ2v) is 9.15. The molecule has 0 radical (unpaired) electrons. The predicted octanol–water partition coefficient (Wildman–Crippen LogP) is 6.08. The van der Waals surface area contributed by atoms with Crippen molar-refractivity contribution in [3.05, 3.63) is 89.5 Å². The van der Waals surface area contributed by atoms with Crippen LogP contribution in [0.25, 0.3) is 10.8 Å². The van der Waals surface area contributed by atoms with Gasteiger partial charge in [0.2, 0.25) is 0 Å². The van der Waals surface area contributed by atoms with E-state index in [1.165, 1.54) is 12.1 Å². The van der Waals surface area contributed by atoms with Gasteiger partial charge >= 0.3 is 0 Å². The van der Waals surface area contributed by atoms with Crippen molar-refractivity contribution in [2.45, 2.75) is 18.7 Å². The number of carbonyl (C=O) groups excluding carboxylic acids is 1. The molecule has 172 valence electrons. The summed E-state index contributed by atoms with van der Waals surface area (Å²) in [6, 6.07) is 20.1. The number of amides is 1. The maximum absolute atomic E-state index is 13.0. The van der Waals surface area contributed by atoms with Gasteiger partial charge in [0.05, 0.1) is 5.56 Å². The largest absolute Gasteiger partial charge is 0.505 e. The van der Waals surface area contributed by atoms with Crippen LogP contribution in [-0.2, 0) is 10.1 Å². The second-order valence-electron chi connectivity index (χ2n) is 7.76. The third-order valence-corrected chi connectivity index (χ3v) is 6.17. The topological polar surface area (TPSA) is 128 Å². The molecule has 0 aliphatic carbocycles. The summed E-state index contributed by atoms with van der Waals surface area (Å²) in [4.78, 5) is 12.6. The molecule has 0 unspecified atom stereocenters. The quantitative estimate of drug-likeness (QED) is 0.238. The van der Waals surface area contributed by atoms with Gasteiger partial charge in [0.1, 0.15) is 16.3 Å². The lowest BCUT2D eigenvalue weighted by Gasteiger charge is -2.12. The van der Waals surface area contributed by atoms with Crippen LogP contribution in [0.2, 0.25) is 0 Å². The first-order valence-corrected chi connectivity index (χ1v) is 11.7. The van der Waals surface area contributed by atoms with E-state index in [0.717, 1.165) is 5.56 Å². The van der Waals surface area contributed by atoms with Crippen LogP contribution in [-0.4, -0.2) is 24.0 Å². The Morgan fingerprint density at radius 2 is 1.62 bits per heavy atom. The number of fused-ring (bicyclic) bond motifs is 1. The molecule has 0 saturated carbocycles. The van der Waals surface area contributed by atoms with E-state index >= 15 is 0 Å². The van der Waals surface area contributed by atoms with E-state index in [2.05, 4.69) is 15.5 Å². The van der Waals surface area contributed by atoms with Crippen LogP contribution in [0.1, 0.15) is 21.5 Å². The zero-order valence-electron chi connectivity index (χ0n) is 18.4. The van der Waals surface area contributed by atoms with E-state index in [9.17, 15) is 22.9 Å². The first kappa shape index (κ1) is 23.1. The Labute approximate surface area is 196 Å². The SMILES string of the molecule is Cc1ccc(N=Nc2c(O)c(C(=O)Nc3ccccc3C)cc3ccccc23)c(S(=O)(=O)O)c1. The highest BCUT2D eigenvalue weighted by Crippen LogP contribution is 2.40. The molecule has 4 rings (SSSR count). The number of phenols is 1. The molecule has 0 spiro atoms. The molecule has 1 amide bonds. The highest BCUT2D eigenvalue weighted by atomic mass is 32.2. The molecule has 34 heavy (non-hydrogen) atoms. The molecule has 4 aromatic carbocycles. The number of benzene rings is 4. The number of para-hydroxylation sites is 1. The zero-order valence-corrected chi connectivity index (χ0v) is 19.2. The number of aryl methyl sites for hydroxylation is 2. The molecule has 3 N–H and O–H groups in total. The number of hydrogen-bond acceptors (Lipinski definition) is 6. The van der Waals surface area contributed by atoms with Gasteiger partial charge < -0.3 is 10.4 Å². The Hall–Kier alpha value is -4.08. The summed E-state index contributed by atoms with van der Waals surface area (Å²) in [5.41, 5.74) is 1.93. The fourth-order valence-corrected chi connectivity index (χ4v) is 4.22. The van der Waals surface area contributed by atoms with Gasteiger partial charge in [0.15, 0.2) is 5.75 Å². The number of azo groups is 1. The van der Waals surface area contributed by atoms with Crippen LogP contribution in [0.15, 0.2) is 87.9 Å². The first-order chi connectivity index (χ1) is 16.1. The number of carbonyl (C=O) groups is 1. The smallest absolute Gasteiger partial charge is 0.296 e. The van der Waals surface area contributed by atoms with E-state index in [4.69, 9.17) is 0 Å². The van der Waals surface area contributed by atoms with Crippen LogP contribution in [0.4, 0.5) is 17.1 Å². The highest BCUT2D eigenvalue weighted by molar-refractivity contribution is 7.86. The second kappa shape index (κ2) is 9.05. The summed E-state index contributed by atoms with van der Waals surface area (Å²) in [6.45, 7) is 3.52. The van der Waals surface area contributed by atoms with E-state index in [0.29, 0.717) is 22.0 Å². The van der Waals surface area contributed by atoms with E-state index < -0.39 is 26.7 Å². The number of anilines is 1. The van der Waals surface area contributed by atoms with Crippen molar-refractivity contribution in [3.8, 4) is 5.75 Å². The first-order valence-electron chi connectivity index (χ1n) is 10.3. The number of aromatic hydroxyl groups is 1. The van der Waals surface area contributed by atoms with Gasteiger partial charge in [-0.1, -0.05) is 48.5 Å². The molecule has 0 heterocycles. The van der Waals surface area contributed by atoms with Gasteiger partial charge in [0.25, 0.3) is 16.0 Å². The number of nitrogens with zero attached hydrogens (tertiary/aromatic N) is 2. The van der Waals surface area contributed by atoms with Gasteiger partial charge in [-0.05, 0) is 54.6 Å². The van der Waals surface area contributed by atoms with Gasteiger partial charge in [-0.25, -0.2) is 0 Å². The minimum atomic E-state index is -4.55. The molecule has 4 aromatic rings. The van der Waals surface area contributed by atoms with Gasteiger partial charge in [-0.15, -0.1) is 10.2 Å². The van der Waals surface area contributed by atoms with Crippen LogP contribution in [0.5, 0.6) is 5.75 Å². The molecule has 0 atom stereocenters. The molecule has 0 aliphatic heterocycles. The molecule has 0 aliphatic rings. The van der Waals surface area contributed by atoms with Crippen molar-refractivity contribution >= 4 is 43.9 Å². The van der Waals surface area contributed by atoms with Crippen LogP contribution in [0, 0.1) is 13.8 Å². The lowest BCUT2D eigenvalue weighted by molar-refractivity contribution is 0.102. The number of phenolic OH excluding ortho intramolecular Hbond substituents is 1. The molecule has 8 nitrogen and oxygen atoms in total. The summed E-state index contributed by atoms with van der Waals surface area (Å²) >= 11 is 0.